The molecule has 2 bridgehead atoms. The van der Waals surface area contributed by atoms with Crippen LogP contribution in [0.5, 0.6) is 0 Å². The first kappa shape index (κ1) is 14.0. The molecule has 1 aromatic carbocycles. The van der Waals surface area contributed by atoms with E-state index in [0.29, 0.717) is 17.1 Å². The second-order valence-electron chi connectivity index (χ2n) is 5.52. The minimum Gasteiger partial charge on any atom is -0.358 e. The zero-order valence-electron chi connectivity index (χ0n) is 11.8. The van der Waals surface area contributed by atoms with Gasteiger partial charge in [0.1, 0.15) is 0 Å². The Kier molecular flexibility index (Phi) is 4.46. The van der Waals surface area contributed by atoms with Crippen molar-refractivity contribution in [2.75, 3.05) is 0 Å². The van der Waals surface area contributed by atoms with Crippen molar-refractivity contribution in [3.05, 3.63) is 54.1 Å². The molecule has 0 aliphatic heterocycles. The molecule has 2 aliphatic rings. The number of nitrogens with one attached hydrogen (secondary N) is 2. The predicted octanol–water partition coefficient (Wildman–Crippen LogP) is 3.11. The van der Waals surface area contributed by atoms with Crippen LogP contribution in [0.25, 0.3) is 6.08 Å². The number of fused-ring (bicyclic) bond motifs is 2. The molecule has 0 aromatic heterocycles. The van der Waals surface area contributed by atoms with Crippen molar-refractivity contribution in [1.29, 1.82) is 0 Å². The maximum absolute atomic E-state index is 5.27. The number of nitrogens with zero attached hydrogens (tertiary/aromatic N) is 1. The van der Waals surface area contributed by atoms with Gasteiger partial charge in [0.15, 0.2) is 5.11 Å². The largest absolute Gasteiger partial charge is 0.358 e. The van der Waals surface area contributed by atoms with Crippen molar-refractivity contribution in [2.24, 2.45) is 16.9 Å². The van der Waals surface area contributed by atoms with E-state index in [0.717, 1.165) is 11.5 Å². The molecule has 0 saturated heterocycles. The smallest absolute Gasteiger partial charge is 0.187 e. The molecule has 3 atom stereocenters. The molecule has 0 amide bonds. The van der Waals surface area contributed by atoms with Gasteiger partial charge in [-0.2, -0.15) is 5.10 Å². The molecule has 2 aliphatic carbocycles. The Morgan fingerprint density at radius 2 is 2.05 bits per heavy atom. The van der Waals surface area contributed by atoms with Crippen LogP contribution < -0.4 is 10.7 Å². The summed E-state index contributed by atoms with van der Waals surface area (Å²) in [4.78, 5) is 0. The van der Waals surface area contributed by atoms with Crippen molar-refractivity contribution in [2.45, 2.75) is 18.9 Å². The summed E-state index contributed by atoms with van der Waals surface area (Å²) in [6.07, 6.45) is 12.7. The third-order valence-electron chi connectivity index (χ3n) is 4.01. The first-order valence-electron chi connectivity index (χ1n) is 7.31. The van der Waals surface area contributed by atoms with E-state index in [-0.39, 0.29) is 0 Å². The summed E-state index contributed by atoms with van der Waals surface area (Å²) >= 11 is 5.27. The SMILES string of the molecule is S=C(N/N=C/C=C/c1ccccc1)NC1CC2C=CC1C2. The highest BCUT2D eigenvalue weighted by Gasteiger charge is 2.35. The zero-order valence-corrected chi connectivity index (χ0v) is 12.6. The summed E-state index contributed by atoms with van der Waals surface area (Å²) in [6, 6.07) is 10.6. The molecule has 21 heavy (non-hydrogen) atoms. The van der Waals surface area contributed by atoms with E-state index in [9.17, 15) is 0 Å². The van der Waals surface area contributed by atoms with E-state index in [1.165, 1.54) is 12.8 Å². The quantitative estimate of drug-likeness (QED) is 0.388. The lowest BCUT2D eigenvalue weighted by atomic mass is 10.0. The molecule has 3 rings (SSSR count). The van der Waals surface area contributed by atoms with Gasteiger partial charge in [-0.05, 0) is 48.5 Å². The summed E-state index contributed by atoms with van der Waals surface area (Å²) in [5, 5.41) is 8.06. The highest BCUT2D eigenvalue weighted by molar-refractivity contribution is 7.80. The van der Waals surface area contributed by atoms with Crippen molar-refractivity contribution in [3.63, 3.8) is 0 Å². The molecule has 0 spiro atoms. The molecule has 1 aromatic rings. The lowest BCUT2D eigenvalue weighted by Crippen LogP contribution is -2.41. The van der Waals surface area contributed by atoms with Crippen LogP contribution in [-0.4, -0.2) is 17.4 Å². The van der Waals surface area contributed by atoms with Crippen LogP contribution in [0.15, 0.2) is 53.7 Å². The van der Waals surface area contributed by atoms with Gasteiger partial charge >= 0.3 is 0 Å². The fourth-order valence-corrected chi connectivity index (χ4v) is 3.21. The van der Waals surface area contributed by atoms with E-state index in [4.69, 9.17) is 12.2 Å². The fourth-order valence-electron chi connectivity index (χ4n) is 3.00. The van der Waals surface area contributed by atoms with E-state index < -0.39 is 0 Å². The number of hydrazone groups is 1. The van der Waals surface area contributed by atoms with Crippen LogP contribution in [0.3, 0.4) is 0 Å². The average Bonchev–Trinajstić information content (AvgIpc) is 3.10. The standard InChI is InChI=1S/C17H19N3S/c21-17(19-16-12-14-8-9-15(16)11-14)20-18-10-4-7-13-5-2-1-3-6-13/h1-10,14-16H,11-12H2,(H2,19,20,21)/b7-4+,18-10+. The Balaban J connectivity index is 1.40. The first-order valence-corrected chi connectivity index (χ1v) is 7.72. The summed E-state index contributed by atoms with van der Waals surface area (Å²) in [7, 11) is 0. The highest BCUT2D eigenvalue weighted by Crippen LogP contribution is 2.38. The number of allylic oxidation sites excluding steroid dienone is 2. The number of hydrogen-bond acceptors (Lipinski definition) is 2. The zero-order chi connectivity index (χ0) is 14.5. The second-order valence-corrected chi connectivity index (χ2v) is 5.93. The number of thiocarbonyl (C=S) groups is 1. The maximum Gasteiger partial charge on any atom is 0.187 e. The van der Waals surface area contributed by atoms with Crippen LogP contribution in [-0.2, 0) is 0 Å². The van der Waals surface area contributed by atoms with Gasteiger partial charge in [0, 0.05) is 12.3 Å². The topological polar surface area (TPSA) is 36.4 Å². The van der Waals surface area contributed by atoms with Gasteiger partial charge in [-0.1, -0.05) is 48.6 Å². The minimum atomic E-state index is 0.468. The van der Waals surface area contributed by atoms with Gasteiger partial charge in [-0.3, -0.25) is 5.43 Å². The fraction of sp³-hybridized carbons (Fsp3) is 0.294. The third-order valence-corrected chi connectivity index (χ3v) is 4.22. The van der Waals surface area contributed by atoms with Crippen LogP contribution >= 0.6 is 12.2 Å². The molecule has 3 unspecified atom stereocenters. The van der Waals surface area contributed by atoms with Gasteiger partial charge < -0.3 is 5.32 Å². The minimum absolute atomic E-state index is 0.468. The van der Waals surface area contributed by atoms with Crippen molar-refractivity contribution in [3.8, 4) is 0 Å². The van der Waals surface area contributed by atoms with Crippen molar-refractivity contribution >= 4 is 29.6 Å². The van der Waals surface area contributed by atoms with Gasteiger partial charge in [0.2, 0.25) is 0 Å². The van der Waals surface area contributed by atoms with Crippen molar-refractivity contribution < 1.29 is 0 Å². The van der Waals surface area contributed by atoms with Gasteiger partial charge in [0.25, 0.3) is 0 Å². The number of benzene rings is 1. The van der Waals surface area contributed by atoms with Crippen molar-refractivity contribution in [1.82, 2.24) is 10.7 Å². The Morgan fingerprint density at radius 3 is 2.76 bits per heavy atom. The summed E-state index contributed by atoms with van der Waals surface area (Å²) in [5.74, 6) is 1.38. The molecular formula is C17H19N3S. The van der Waals surface area contributed by atoms with E-state index in [1.807, 2.05) is 42.5 Å². The molecule has 0 heterocycles. The Bertz CT molecular complexity index is 577. The summed E-state index contributed by atoms with van der Waals surface area (Å²) < 4.78 is 0. The monoisotopic (exact) mass is 297 g/mol. The van der Waals surface area contributed by atoms with E-state index in [1.54, 1.807) is 6.21 Å². The second kappa shape index (κ2) is 6.68. The average molecular weight is 297 g/mol. The Labute approximate surface area is 130 Å². The highest BCUT2D eigenvalue weighted by atomic mass is 32.1. The van der Waals surface area contributed by atoms with Crippen LogP contribution in [0.1, 0.15) is 18.4 Å². The Morgan fingerprint density at radius 1 is 1.19 bits per heavy atom. The normalized spacial score (nSPS) is 26.8. The van der Waals surface area contributed by atoms with E-state index >= 15 is 0 Å². The Hall–Kier alpha value is -1.94. The number of hydrogen-bond donors (Lipinski definition) is 2. The van der Waals surface area contributed by atoms with Gasteiger partial charge in [-0.15, -0.1) is 0 Å². The van der Waals surface area contributed by atoms with E-state index in [2.05, 4.69) is 28.0 Å². The molecule has 1 fully saturated rings. The predicted molar refractivity (Wildman–Crippen MR) is 92.0 cm³/mol. The molecular weight excluding hydrogens is 278 g/mol. The molecule has 0 radical (unpaired) electrons. The molecule has 108 valence electrons. The molecule has 3 nitrogen and oxygen atoms in total. The lowest BCUT2D eigenvalue weighted by molar-refractivity contribution is 0.521. The summed E-state index contributed by atoms with van der Waals surface area (Å²) in [5.41, 5.74) is 4.02. The number of rotatable bonds is 4. The van der Waals surface area contributed by atoms with Gasteiger partial charge in [-0.25, -0.2) is 0 Å². The van der Waals surface area contributed by atoms with Crippen LogP contribution in [0, 0.1) is 11.8 Å². The molecule has 2 N–H and O–H groups in total. The molecule has 1 saturated carbocycles. The third kappa shape index (κ3) is 3.79. The van der Waals surface area contributed by atoms with Crippen LogP contribution in [0.4, 0.5) is 0 Å². The van der Waals surface area contributed by atoms with Crippen LogP contribution in [0.2, 0.25) is 0 Å². The van der Waals surface area contributed by atoms with Gasteiger partial charge in [0.05, 0.1) is 0 Å². The first-order chi connectivity index (χ1) is 10.3. The summed E-state index contributed by atoms with van der Waals surface area (Å²) in [6.45, 7) is 0. The molecule has 4 heteroatoms. The maximum atomic E-state index is 5.27. The lowest BCUT2D eigenvalue weighted by Gasteiger charge is -2.20.